The van der Waals surface area contributed by atoms with Gasteiger partial charge in [-0.25, -0.2) is 14.5 Å². The van der Waals surface area contributed by atoms with E-state index in [9.17, 15) is 4.79 Å². The zero-order valence-electron chi connectivity index (χ0n) is 24.7. The Morgan fingerprint density at radius 3 is 2.66 bits per heavy atom. The molecule has 2 aliphatic rings. The molecule has 13 heteroatoms. The summed E-state index contributed by atoms with van der Waals surface area (Å²) in [5.41, 5.74) is 4.08. The van der Waals surface area contributed by atoms with E-state index in [0.717, 1.165) is 46.5 Å². The first-order valence-electron chi connectivity index (χ1n) is 14.6. The molecule has 12 nitrogen and oxygen atoms in total. The SMILES string of the molecule is COc1ccc(CN(C)c2ncc(-c3nc4ccc(N5CCOCC5)c(Br)n4n3)c3cc(NC(=O)[C@H]4C[C@H]4C)nnc23)cc1. The molecule has 1 saturated carbocycles. The Labute approximate surface area is 262 Å². The van der Waals surface area contributed by atoms with Crippen LogP contribution >= 0.6 is 15.9 Å². The first-order valence-corrected chi connectivity index (χ1v) is 15.4. The highest BCUT2D eigenvalue weighted by Gasteiger charge is 2.39. The molecule has 1 aliphatic heterocycles. The first kappa shape index (κ1) is 28.4. The van der Waals surface area contributed by atoms with E-state index in [1.165, 1.54) is 0 Å². The van der Waals surface area contributed by atoms with Gasteiger partial charge in [-0.1, -0.05) is 19.1 Å². The average molecular weight is 659 g/mol. The Kier molecular flexibility index (Phi) is 7.50. The van der Waals surface area contributed by atoms with Gasteiger partial charge in [-0.3, -0.25) is 4.79 Å². The molecule has 226 valence electrons. The van der Waals surface area contributed by atoms with Gasteiger partial charge in [0.1, 0.15) is 15.9 Å². The number of anilines is 3. The largest absolute Gasteiger partial charge is 0.497 e. The van der Waals surface area contributed by atoms with Crippen molar-refractivity contribution >= 4 is 55.7 Å². The van der Waals surface area contributed by atoms with Crippen molar-refractivity contribution in [2.24, 2.45) is 11.8 Å². The van der Waals surface area contributed by atoms with Crippen LogP contribution in [0.25, 0.3) is 27.9 Å². The fourth-order valence-electron chi connectivity index (χ4n) is 5.58. The van der Waals surface area contributed by atoms with Crippen molar-refractivity contribution in [3.8, 4) is 17.1 Å². The number of nitrogens with one attached hydrogen (secondary N) is 1. The third kappa shape index (κ3) is 5.41. The first-order chi connectivity index (χ1) is 21.4. The molecule has 7 rings (SSSR count). The molecule has 1 saturated heterocycles. The number of morpholine rings is 1. The lowest BCUT2D eigenvalue weighted by Crippen LogP contribution is -2.36. The van der Waals surface area contributed by atoms with Gasteiger partial charge in [0.05, 0.1) is 26.0 Å². The Balaban J connectivity index is 1.29. The van der Waals surface area contributed by atoms with Crippen LogP contribution in [0.15, 0.2) is 53.3 Å². The van der Waals surface area contributed by atoms with Crippen LogP contribution in [0.2, 0.25) is 0 Å². The maximum Gasteiger partial charge on any atom is 0.228 e. The number of amides is 1. The Hall–Kier alpha value is -4.36. The van der Waals surface area contributed by atoms with E-state index in [4.69, 9.17) is 24.5 Å². The predicted octanol–water partition coefficient (Wildman–Crippen LogP) is 4.57. The minimum Gasteiger partial charge on any atom is -0.497 e. The van der Waals surface area contributed by atoms with E-state index in [2.05, 4.69) is 49.3 Å². The monoisotopic (exact) mass is 657 g/mol. The summed E-state index contributed by atoms with van der Waals surface area (Å²) in [6.07, 6.45) is 2.65. The van der Waals surface area contributed by atoms with Gasteiger partial charge in [0.15, 0.2) is 23.1 Å². The molecule has 2 atom stereocenters. The van der Waals surface area contributed by atoms with Gasteiger partial charge >= 0.3 is 0 Å². The lowest BCUT2D eigenvalue weighted by Gasteiger charge is -2.29. The lowest BCUT2D eigenvalue weighted by atomic mass is 10.1. The minimum atomic E-state index is -0.0379. The Morgan fingerprint density at radius 1 is 1.16 bits per heavy atom. The summed E-state index contributed by atoms with van der Waals surface area (Å²) in [6.45, 7) is 5.64. The van der Waals surface area contributed by atoms with E-state index in [-0.39, 0.29) is 11.8 Å². The average Bonchev–Trinajstić information content (AvgIpc) is 3.62. The number of rotatable bonds is 8. The van der Waals surface area contributed by atoms with Crippen LogP contribution < -0.4 is 19.9 Å². The highest BCUT2D eigenvalue weighted by Crippen LogP contribution is 2.39. The van der Waals surface area contributed by atoms with Crippen LogP contribution in [-0.4, -0.2) is 76.1 Å². The number of aromatic nitrogens is 6. The molecule has 1 amide bonds. The molecule has 1 N–H and O–H groups in total. The van der Waals surface area contributed by atoms with Gasteiger partial charge < -0.3 is 24.6 Å². The molecule has 44 heavy (non-hydrogen) atoms. The van der Waals surface area contributed by atoms with Crippen molar-refractivity contribution < 1.29 is 14.3 Å². The van der Waals surface area contributed by atoms with Gasteiger partial charge in [-0.15, -0.1) is 15.3 Å². The molecule has 1 aromatic carbocycles. The van der Waals surface area contributed by atoms with E-state index in [1.54, 1.807) is 17.8 Å². The highest BCUT2D eigenvalue weighted by atomic mass is 79.9. The number of pyridine rings is 2. The third-order valence-corrected chi connectivity index (χ3v) is 9.00. The second kappa shape index (κ2) is 11.6. The standard InChI is InChI=1S/C31H32BrN9O3/c1-18-14-21(18)31(42)34-25-15-22-23(29-35-26-9-8-24(28(32)41(26)38-29)40-10-12-44-13-11-40)16-33-30(27(22)37-36-25)39(2)17-19-4-6-20(43-3)7-5-19/h4-9,15-16,18,21H,10-14,17H2,1-3H3,(H,34,36,42)/t18-,21+/m1/s1. The number of benzene rings is 1. The highest BCUT2D eigenvalue weighted by molar-refractivity contribution is 9.10. The van der Waals surface area contributed by atoms with Crippen molar-refractivity contribution in [2.75, 3.05) is 55.6 Å². The number of fused-ring (bicyclic) bond motifs is 2. The van der Waals surface area contributed by atoms with Crippen molar-refractivity contribution in [3.63, 3.8) is 0 Å². The zero-order chi connectivity index (χ0) is 30.4. The number of carbonyl (C=O) groups excluding carboxylic acids is 1. The molecule has 2 fully saturated rings. The third-order valence-electron chi connectivity index (χ3n) is 8.26. The van der Waals surface area contributed by atoms with E-state index >= 15 is 0 Å². The number of methoxy groups -OCH3 is 1. The van der Waals surface area contributed by atoms with Gasteiger partial charge in [-0.05, 0) is 64.2 Å². The Bertz CT molecular complexity index is 1860. The quantitative estimate of drug-likeness (QED) is 0.237. The van der Waals surface area contributed by atoms with Crippen LogP contribution in [0, 0.1) is 11.8 Å². The number of nitrogens with zero attached hydrogens (tertiary/aromatic N) is 8. The summed E-state index contributed by atoms with van der Waals surface area (Å²) >= 11 is 3.77. The van der Waals surface area contributed by atoms with Crippen molar-refractivity contribution in [2.45, 2.75) is 19.9 Å². The normalized spacial score (nSPS) is 18.0. The fourth-order valence-corrected chi connectivity index (χ4v) is 6.23. The van der Waals surface area contributed by atoms with Crippen LogP contribution in [0.4, 0.5) is 17.3 Å². The lowest BCUT2D eigenvalue weighted by molar-refractivity contribution is -0.117. The molecule has 5 heterocycles. The Morgan fingerprint density at radius 2 is 1.93 bits per heavy atom. The van der Waals surface area contributed by atoms with Gasteiger partial charge in [0, 0.05) is 49.7 Å². The number of carbonyl (C=O) groups is 1. The van der Waals surface area contributed by atoms with Gasteiger partial charge in [0.25, 0.3) is 0 Å². The molecule has 4 aromatic heterocycles. The second-order valence-electron chi connectivity index (χ2n) is 11.3. The molecular weight excluding hydrogens is 626 g/mol. The van der Waals surface area contributed by atoms with Crippen molar-refractivity contribution in [1.29, 1.82) is 0 Å². The summed E-state index contributed by atoms with van der Waals surface area (Å²) in [5, 5.41) is 17.5. The second-order valence-corrected chi connectivity index (χ2v) is 12.1. The predicted molar refractivity (Wildman–Crippen MR) is 171 cm³/mol. The molecule has 0 unspecified atom stereocenters. The maximum absolute atomic E-state index is 12.8. The molecule has 1 aliphatic carbocycles. The number of halogens is 1. The fraction of sp³-hybridized carbons (Fsp3) is 0.355. The number of hydrogen-bond donors (Lipinski definition) is 1. The molecule has 0 bridgehead atoms. The van der Waals surface area contributed by atoms with Crippen molar-refractivity contribution in [1.82, 2.24) is 29.8 Å². The number of hydrogen-bond acceptors (Lipinski definition) is 10. The van der Waals surface area contributed by atoms with E-state index in [1.807, 2.05) is 48.3 Å². The summed E-state index contributed by atoms with van der Waals surface area (Å²) in [4.78, 5) is 26.7. The van der Waals surface area contributed by atoms with E-state index < -0.39 is 0 Å². The molecule has 5 aromatic rings. The molecular formula is C31H32BrN9O3. The summed E-state index contributed by atoms with van der Waals surface area (Å²) in [6, 6.07) is 13.8. The van der Waals surface area contributed by atoms with Gasteiger partial charge in [0.2, 0.25) is 5.91 Å². The van der Waals surface area contributed by atoms with Crippen LogP contribution in [0.3, 0.4) is 0 Å². The summed E-state index contributed by atoms with van der Waals surface area (Å²) < 4.78 is 13.4. The van der Waals surface area contributed by atoms with Crippen LogP contribution in [-0.2, 0) is 16.1 Å². The van der Waals surface area contributed by atoms with Crippen molar-refractivity contribution in [3.05, 3.63) is 58.8 Å². The summed E-state index contributed by atoms with van der Waals surface area (Å²) in [5.74, 6) is 2.68. The minimum absolute atomic E-state index is 0.00807. The van der Waals surface area contributed by atoms with Crippen LogP contribution in [0.5, 0.6) is 5.75 Å². The van der Waals surface area contributed by atoms with Gasteiger partial charge in [-0.2, -0.15) is 0 Å². The molecule has 0 spiro atoms. The number of ether oxygens (including phenoxy) is 2. The smallest absolute Gasteiger partial charge is 0.228 e. The maximum atomic E-state index is 12.8. The zero-order valence-corrected chi connectivity index (χ0v) is 26.3. The van der Waals surface area contributed by atoms with E-state index in [0.29, 0.717) is 59.9 Å². The topological polar surface area (TPSA) is 123 Å². The molecule has 0 radical (unpaired) electrons. The summed E-state index contributed by atoms with van der Waals surface area (Å²) in [7, 11) is 3.62. The van der Waals surface area contributed by atoms with Crippen LogP contribution in [0.1, 0.15) is 18.9 Å².